The first-order valence-corrected chi connectivity index (χ1v) is 9.51. The molecule has 3 atom stereocenters. The van der Waals surface area contributed by atoms with E-state index in [-0.39, 0.29) is 17.5 Å². The van der Waals surface area contributed by atoms with Crippen LogP contribution in [-0.4, -0.2) is 38.4 Å². The molecule has 2 aliphatic carbocycles. The third-order valence-corrected chi connectivity index (χ3v) is 6.39. The van der Waals surface area contributed by atoms with Crippen molar-refractivity contribution in [2.24, 2.45) is 5.92 Å². The Balaban J connectivity index is 1.34. The average Bonchev–Trinajstić information content (AvgIpc) is 2.59. The van der Waals surface area contributed by atoms with Gasteiger partial charge in [-0.3, -0.25) is 0 Å². The maximum atomic E-state index is 12.4. The Hall–Kier alpha value is -1.75. The minimum absolute atomic E-state index is 0.0139. The predicted octanol–water partition coefficient (Wildman–Crippen LogP) is 2.98. The van der Waals surface area contributed by atoms with Crippen molar-refractivity contribution in [2.75, 3.05) is 20.3 Å². The first-order chi connectivity index (χ1) is 12.2. The van der Waals surface area contributed by atoms with Crippen LogP contribution in [0.1, 0.15) is 44.1 Å². The van der Waals surface area contributed by atoms with E-state index in [1.807, 2.05) is 12.1 Å². The van der Waals surface area contributed by atoms with Crippen molar-refractivity contribution in [2.45, 2.75) is 56.1 Å². The molecule has 4 rings (SSSR count). The molecule has 1 saturated heterocycles. The topological polar surface area (TPSA) is 59.6 Å². The van der Waals surface area contributed by atoms with E-state index in [4.69, 9.17) is 9.47 Å². The molecule has 1 aliphatic heterocycles. The first-order valence-electron chi connectivity index (χ1n) is 9.51. The first kappa shape index (κ1) is 16.7. The van der Waals surface area contributed by atoms with Crippen LogP contribution >= 0.6 is 0 Å². The molecule has 0 spiro atoms. The third-order valence-electron chi connectivity index (χ3n) is 6.39. The standard InChI is InChI=1S/C20H28N2O3/c1-24-17-8-3-2-7-15(17)20(9-5-10-20)13-21-19(23)22-16-12-18-14(16)6-4-11-25-18/h2-3,7-8,14,16,18H,4-6,9-13H2,1H3,(H2,21,22,23). The van der Waals surface area contributed by atoms with Gasteiger partial charge in [-0.25, -0.2) is 4.79 Å². The molecular weight excluding hydrogens is 316 g/mol. The van der Waals surface area contributed by atoms with Gasteiger partial charge in [0.25, 0.3) is 0 Å². The SMILES string of the molecule is COc1ccccc1C1(CNC(=O)NC2CC3OCCCC23)CCC1. The largest absolute Gasteiger partial charge is 0.496 e. The molecular formula is C20H28N2O3. The van der Waals surface area contributed by atoms with Gasteiger partial charge in [0.2, 0.25) is 0 Å². The molecule has 3 unspecified atom stereocenters. The molecule has 5 nitrogen and oxygen atoms in total. The van der Waals surface area contributed by atoms with Crippen molar-refractivity contribution in [1.82, 2.24) is 10.6 Å². The van der Waals surface area contributed by atoms with Gasteiger partial charge in [0.15, 0.2) is 0 Å². The maximum Gasteiger partial charge on any atom is 0.315 e. The number of hydrogen-bond acceptors (Lipinski definition) is 3. The Labute approximate surface area is 149 Å². The minimum atomic E-state index is -0.0461. The molecule has 1 aromatic rings. The highest BCUT2D eigenvalue weighted by molar-refractivity contribution is 5.74. The number of ether oxygens (including phenoxy) is 2. The second-order valence-corrected chi connectivity index (χ2v) is 7.72. The summed E-state index contributed by atoms with van der Waals surface area (Å²) in [6.45, 7) is 1.54. The highest BCUT2D eigenvalue weighted by Crippen LogP contribution is 2.46. The van der Waals surface area contributed by atoms with Gasteiger partial charge in [0.05, 0.1) is 13.2 Å². The van der Waals surface area contributed by atoms with Crippen molar-refractivity contribution in [3.63, 3.8) is 0 Å². The van der Waals surface area contributed by atoms with E-state index in [9.17, 15) is 4.79 Å². The number of carbonyl (C=O) groups excluding carboxylic acids is 1. The molecule has 1 aromatic carbocycles. The van der Waals surface area contributed by atoms with E-state index >= 15 is 0 Å². The van der Waals surface area contributed by atoms with Gasteiger partial charge in [-0.1, -0.05) is 24.6 Å². The van der Waals surface area contributed by atoms with Gasteiger partial charge < -0.3 is 20.1 Å². The lowest BCUT2D eigenvalue weighted by Gasteiger charge is -2.47. The zero-order valence-corrected chi connectivity index (χ0v) is 14.9. The Morgan fingerprint density at radius 1 is 1.32 bits per heavy atom. The maximum absolute atomic E-state index is 12.4. The van der Waals surface area contributed by atoms with Crippen molar-refractivity contribution in [1.29, 1.82) is 0 Å². The fraction of sp³-hybridized carbons (Fsp3) is 0.650. The van der Waals surface area contributed by atoms with E-state index in [1.54, 1.807) is 7.11 Å². The number of fused-ring (bicyclic) bond motifs is 1. The van der Waals surface area contributed by atoms with Gasteiger partial charge in [-0.05, 0) is 38.2 Å². The Bertz CT molecular complexity index is 629. The number of carbonyl (C=O) groups is 1. The van der Waals surface area contributed by atoms with Gasteiger partial charge in [-0.2, -0.15) is 0 Å². The fourth-order valence-electron chi connectivity index (χ4n) is 4.66. The quantitative estimate of drug-likeness (QED) is 0.863. The molecule has 5 heteroatoms. The van der Waals surface area contributed by atoms with Crippen LogP contribution < -0.4 is 15.4 Å². The summed E-state index contributed by atoms with van der Waals surface area (Å²) in [4.78, 5) is 12.4. The van der Waals surface area contributed by atoms with Gasteiger partial charge in [0, 0.05) is 36.1 Å². The lowest BCUT2D eigenvalue weighted by atomic mass is 9.64. The number of nitrogens with one attached hydrogen (secondary N) is 2. The van der Waals surface area contributed by atoms with Crippen LogP contribution in [0.2, 0.25) is 0 Å². The molecule has 0 radical (unpaired) electrons. The number of rotatable bonds is 5. The van der Waals surface area contributed by atoms with Crippen LogP contribution in [0.5, 0.6) is 5.75 Å². The van der Waals surface area contributed by atoms with Gasteiger partial charge >= 0.3 is 6.03 Å². The lowest BCUT2D eigenvalue weighted by Crippen LogP contribution is -2.60. The number of urea groups is 1. The van der Waals surface area contributed by atoms with E-state index < -0.39 is 0 Å². The molecule has 2 N–H and O–H groups in total. The smallest absolute Gasteiger partial charge is 0.315 e. The third kappa shape index (κ3) is 3.10. The average molecular weight is 344 g/mol. The van der Waals surface area contributed by atoms with Crippen LogP contribution in [0.4, 0.5) is 4.79 Å². The summed E-state index contributed by atoms with van der Waals surface area (Å²) < 4.78 is 11.3. The van der Waals surface area contributed by atoms with Crippen molar-refractivity contribution >= 4 is 6.03 Å². The number of benzene rings is 1. The summed E-state index contributed by atoms with van der Waals surface area (Å²) in [5.41, 5.74) is 1.23. The Morgan fingerprint density at radius 2 is 2.16 bits per heavy atom. The van der Waals surface area contributed by atoms with Crippen molar-refractivity contribution in [3.05, 3.63) is 29.8 Å². The molecule has 136 valence electrons. The zero-order valence-electron chi connectivity index (χ0n) is 14.9. The Kier molecular flexibility index (Phi) is 4.59. The van der Waals surface area contributed by atoms with Crippen LogP contribution in [0.25, 0.3) is 0 Å². The summed E-state index contributed by atoms with van der Waals surface area (Å²) in [6.07, 6.45) is 6.98. The van der Waals surface area contributed by atoms with Gasteiger partial charge in [-0.15, -0.1) is 0 Å². The second kappa shape index (κ2) is 6.87. The van der Waals surface area contributed by atoms with E-state index in [0.717, 1.165) is 38.0 Å². The second-order valence-electron chi connectivity index (χ2n) is 7.72. The zero-order chi connectivity index (χ0) is 17.3. The summed E-state index contributed by atoms with van der Waals surface area (Å²) in [5.74, 6) is 1.43. The number of amides is 2. The van der Waals surface area contributed by atoms with Crippen molar-refractivity contribution < 1.29 is 14.3 Å². The summed E-state index contributed by atoms with van der Waals surface area (Å²) in [5, 5.41) is 6.28. The number of hydrogen-bond donors (Lipinski definition) is 2. The predicted molar refractivity (Wildman–Crippen MR) is 95.9 cm³/mol. The molecule has 0 bridgehead atoms. The number of methoxy groups -OCH3 is 1. The lowest BCUT2D eigenvalue weighted by molar-refractivity contribution is -0.0999. The van der Waals surface area contributed by atoms with Crippen molar-refractivity contribution in [3.8, 4) is 5.75 Å². The van der Waals surface area contributed by atoms with E-state index in [2.05, 4.69) is 22.8 Å². The van der Waals surface area contributed by atoms with E-state index in [1.165, 1.54) is 18.4 Å². The highest BCUT2D eigenvalue weighted by Gasteiger charge is 2.45. The van der Waals surface area contributed by atoms with Gasteiger partial charge in [0.1, 0.15) is 5.75 Å². The number of para-hydroxylation sites is 1. The van der Waals surface area contributed by atoms with Crippen LogP contribution in [0.15, 0.2) is 24.3 Å². The summed E-state index contributed by atoms with van der Waals surface area (Å²) in [7, 11) is 1.71. The van der Waals surface area contributed by atoms with E-state index in [0.29, 0.717) is 18.6 Å². The monoisotopic (exact) mass is 344 g/mol. The molecule has 3 aliphatic rings. The molecule has 2 amide bonds. The summed E-state index contributed by atoms with van der Waals surface area (Å²) >= 11 is 0. The molecule has 1 heterocycles. The summed E-state index contributed by atoms with van der Waals surface area (Å²) in [6, 6.07) is 8.41. The molecule has 2 saturated carbocycles. The fourth-order valence-corrected chi connectivity index (χ4v) is 4.66. The van der Waals surface area contributed by atoms with Crippen LogP contribution in [-0.2, 0) is 10.2 Å². The Morgan fingerprint density at radius 3 is 2.88 bits per heavy atom. The van der Waals surface area contributed by atoms with Crippen LogP contribution in [0.3, 0.4) is 0 Å². The highest BCUT2D eigenvalue weighted by atomic mass is 16.5. The van der Waals surface area contributed by atoms with Crippen LogP contribution in [0, 0.1) is 5.92 Å². The molecule has 3 fully saturated rings. The minimum Gasteiger partial charge on any atom is -0.496 e. The normalized spacial score (nSPS) is 29.6. The molecule has 0 aromatic heterocycles. The molecule has 25 heavy (non-hydrogen) atoms.